The average Bonchev–Trinajstić information content (AvgIpc) is 2.28. The number of para-hydroxylation sites is 1. The number of hydrogen-bond acceptors (Lipinski definition) is 1. The number of allylic oxidation sites excluding steroid dienone is 1. The van der Waals surface area contributed by atoms with E-state index < -0.39 is 0 Å². The van der Waals surface area contributed by atoms with Crippen LogP contribution in [-0.2, 0) is 6.42 Å². The van der Waals surface area contributed by atoms with Gasteiger partial charge in [-0.3, -0.25) is 0 Å². The van der Waals surface area contributed by atoms with Crippen LogP contribution in [0.15, 0.2) is 36.9 Å². The van der Waals surface area contributed by atoms with E-state index in [4.69, 9.17) is 0 Å². The van der Waals surface area contributed by atoms with E-state index in [0.29, 0.717) is 0 Å². The molecule has 0 unspecified atom stereocenters. The van der Waals surface area contributed by atoms with E-state index in [2.05, 4.69) is 50.0 Å². The summed E-state index contributed by atoms with van der Waals surface area (Å²) < 4.78 is 0. The maximum atomic E-state index is 3.41. The lowest BCUT2D eigenvalue weighted by atomic mass is 10.1. The molecule has 1 N–H and O–H groups in total. The highest BCUT2D eigenvalue weighted by Gasteiger charge is 1.96. The normalized spacial score (nSPS) is 8.73. The van der Waals surface area contributed by atoms with Crippen LogP contribution in [0, 0.1) is 0 Å². The Balaban J connectivity index is 0.000000583. The molecule has 0 spiro atoms. The molecular formula is C14H23N. The molecule has 0 bridgehead atoms. The van der Waals surface area contributed by atoms with E-state index in [0.717, 1.165) is 13.0 Å². The fourth-order valence-corrected chi connectivity index (χ4v) is 1.26. The van der Waals surface area contributed by atoms with Crippen molar-refractivity contribution in [1.29, 1.82) is 0 Å². The zero-order valence-electron chi connectivity index (χ0n) is 10.2. The van der Waals surface area contributed by atoms with Crippen LogP contribution in [0.25, 0.3) is 0 Å². The summed E-state index contributed by atoms with van der Waals surface area (Å²) in [5.74, 6) is 0. The van der Waals surface area contributed by atoms with Gasteiger partial charge in [-0.05, 0) is 31.4 Å². The number of rotatable bonds is 4. The number of aryl methyl sites for hydroxylation is 1. The minimum atomic E-state index is 1.07. The summed E-state index contributed by atoms with van der Waals surface area (Å²) in [7, 11) is 0. The fourth-order valence-electron chi connectivity index (χ4n) is 1.26. The molecule has 0 radical (unpaired) electrons. The molecule has 0 aliphatic rings. The molecule has 1 aromatic rings. The lowest BCUT2D eigenvalue weighted by molar-refractivity contribution is 0.972. The zero-order valence-corrected chi connectivity index (χ0v) is 10.2. The summed E-state index contributed by atoms with van der Waals surface area (Å²) in [5, 5.41) is 3.41. The first-order valence-corrected chi connectivity index (χ1v) is 5.68. The molecule has 0 aromatic heterocycles. The van der Waals surface area contributed by atoms with E-state index in [1.165, 1.54) is 17.7 Å². The van der Waals surface area contributed by atoms with Gasteiger partial charge in [0.2, 0.25) is 0 Å². The van der Waals surface area contributed by atoms with Crippen molar-refractivity contribution in [3.05, 3.63) is 42.5 Å². The Labute approximate surface area is 94.2 Å². The van der Waals surface area contributed by atoms with E-state index in [1.807, 2.05) is 6.92 Å². The van der Waals surface area contributed by atoms with Crippen molar-refractivity contribution in [2.75, 3.05) is 11.9 Å². The fraction of sp³-hybridized carbons (Fsp3) is 0.429. The van der Waals surface area contributed by atoms with Gasteiger partial charge in [0.1, 0.15) is 0 Å². The lowest BCUT2D eigenvalue weighted by Gasteiger charge is -2.08. The standard InChI is InChI=1S/C11H17N.C3H6/c1-3-9-12-11-8-6-5-7-10(11)4-2;1-3-2/h5-8,12H,3-4,9H2,1-2H3;3H,1H2,2H3. The maximum absolute atomic E-state index is 3.41. The number of hydrogen-bond donors (Lipinski definition) is 1. The highest BCUT2D eigenvalue weighted by molar-refractivity contribution is 5.50. The monoisotopic (exact) mass is 205 g/mol. The van der Waals surface area contributed by atoms with Crippen molar-refractivity contribution in [2.24, 2.45) is 0 Å². The van der Waals surface area contributed by atoms with Crippen molar-refractivity contribution in [3.8, 4) is 0 Å². The molecule has 0 saturated carbocycles. The molecule has 1 rings (SSSR count). The Hall–Kier alpha value is -1.24. The Morgan fingerprint density at radius 2 is 1.87 bits per heavy atom. The van der Waals surface area contributed by atoms with E-state index >= 15 is 0 Å². The Morgan fingerprint density at radius 1 is 1.27 bits per heavy atom. The van der Waals surface area contributed by atoms with E-state index in [9.17, 15) is 0 Å². The summed E-state index contributed by atoms with van der Waals surface area (Å²) in [5.41, 5.74) is 2.70. The van der Waals surface area contributed by atoms with Gasteiger partial charge in [0.25, 0.3) is 0 Å². The average molecular weight is 205 g/mol. The van der Waals surface area contributed by atoms with Crippen molar-refractivity contribution in [3.63, 3.8) is 0 Å². The molecule has 0 aliphatic carbocycles. The summed E-state index contributed by atoms with van der Waals surface area (Å²) >= 11 is 0. The van der Waals surface area contributed by atoms with Gasteiger partial charge in [0, 0.05) is 12.2 Å². The molecule has 0 aliphatic heterocycles. The third kappa shape index (κ3) is 5.95. The SMILES string of the molecule is C=CC.CCCNc1ccccc1CC. The van der Waals surface area contributed by atoms with Crippen LogP contribution in [0.3, 0.4) is 0 Å². The third-order valence-corrected chi connectivity index (χ3v) is 1.96. The minimum Gasteiger partial charge on any atom is -0.385 e. The summed E-state index contributed by atoms with van der Waals surface area (Å²) in [4.78, 5) is 0. The molecule has 0 amide bonds. The van der Waals surface area contributed by atoms with Crippen LogP contribution in [0.2, 0.25) is 0 Å². The van der Waals surface area contributed by atoms with Gasteiger partial charge < -0.3 is 5.32 Å². The van der Waals surface area contributed by atoms with Gasteiger partial charge in [-0.15, -0.1) is 6.58 Å². The van der Waals surface area contributed by atoms with Gasteiger partial charge in [0.15, 0.2) is 0 Å². The van der Waals surface area contributed by atoms with Crippen molar-refractivity contribution in [1.82, 2.24) is 0 Å². The molecule has 15 heavy (non-hydrogen) atoms. The largest absolute Gasteiger partial charge is 0.385 e. The van der Waals surface area contributed by atoms with Crippen LogP contribution in [-0.4, -0.2) is 6.54 Å². The zero-order chi connectivity index (χ0) is 11.5. The van der Waals surface area contributed by atoms with Gasteiger partial charge in [-0.1, -0.05) is 38.1 Å². The van der Waals surface area contributed by atoms with Gasteiger partial charge >= 0.3 is 0 Å². The third-order valence-electron chi connectivity index (χ3n) is 1.96. The molecule has 1 aromatic carbocycles. The van der Waals surface area contributed by atoms with Gasteiger partial charge in [0.05, 0.1) is 0 Å². The molecule has 0 saturated heterocycles. The summed E-state index contributed by atoms with van der Waals surface area (Å²) in [6.45, 7) is 10.7. The lowest BCUT2D eigenvalue weighted by Crippen LogP contribution is -2.01. The van der Waals surface area contributed by atoms with Crippen molar-refractivity contribution < 1.29 is 0 Å². The number of nitrogens with one attached hydrogen (secondary N) is 1. The van der Waals surface area contributed by atoms with E-state index in [-0.39, 0.29) is 0 Å². The topological polar surface area (TPSA) is 12.0 Å². The Bertz CT molecular complexity index is 266. The summed E-state index contributed by atoms with van der Waals surface area (Å²) in [6.07, 6.45) is 4.03. The van der Waals surface area contributed by atoms with Gasteiger partial charge in [-0.2, -0.15) is 0 Å². The molecular weight excluding hydrogens is 182 g/mol. The smallest absolute Gasteiger partial charge is 0.0372 e. The van der Waals surface area contributed by atoms with Crippen molar-refractivity contribution in [2.45, 2.75) is 33.6 Å². The first-order valence-electron chi connectivity index (χ1n) is 5.68. The first kappa shape index (κ1) is 13.8. The maximum Gasteiger partial charge on any atom is 0.0372 e. The molecule has 1 heteroatoms. The molecule has 0 atom stereocenters. The second-order valence-corrected chi connectivity index (χ2v) is 3.35. The molecule has 1 nitrogen and oxygen atoms in total. The second-order valence-electron chi connectivity index (χ2n) is 3.35. The van der Waals surface area contributed by atoms with E-state index in [1.54, 1.807) is 6.08 Å². The van der Waals surface area contributed by atoms with Crippen LogP contribution in [0.4, 0.5) is 5.69 Å². The minimum absolute atomic E-state index is 1.07. The van der Waals surface area contributed by atoms with Crippen LogP contribution in [0.5, 0.6) is 0 Å². The second kappa shape index (κ2) is 9.32. The Morgan fingerprint density at radius 3 is 2.40 bits per heavy atom. The van der Waals surface area contributed by atoms with Crippen LogP contribution >= 0.6 is 0 Å². The molecule has 84 valence electrons. The number of anilines is 1. The van der Waals surface area contributed by atoms with Crippen LogP contribution < -0.4 is 5.32 Å². The molecule has 0 heterocycles. The predicted octanol–water partition coefficient (Wildman–Crippen LogP) is 4.26. The van der Waals surface area contributed by atoms with Crippen LogP contribution in [0.1, 0.15) is 32.8 Å². The first-order chi connectivity index (χ1) is 7.29. The Kier molecular flexibility index (Phi) is 8.55. The molecule has 0 fully saturated rings. The quantitative estimate of drug-likeness (QED) is 0.724. The summed E-state index contributed by atoms with van der Waals surface area (Å²) in [6, 6.07) is 8.50. The highest BCUT2D eigenvalue weighted by atomic mass is 14.9. The van der Waals surface area contributed by atoms with Gasteiger partial charge in [-0.25, -0.2) is 0 Å². The van der Waals surface area contributed by atoms with Crippen molar-refractivity contribution >= 4 is 5.69 Å². The highest BCUT2D eigenvalue weighted by Crippen LogP contribution is 2.14. The predicted molar refractivity (Wildman–Crippen MR) is 70.5 cm³/mol. The number of benzene rings is 1.